The number of carbonyl (C=O) groups excluding carboxylic acids is 2. The van der Waals surface area contributed by atoms with Crippen LogP contribution in [0.15, 0.2) is 22.8 Å². The molecule has 2 aliphatic rings. The standard InChI is InChI=1S/C20H20O4/c1-11-10-24-19-13-5-6-14-12(4-3-7-20(14,2)8-9-21)16(13)18(23)17(22)15(11)19/h5-6,10,21H,3-4,7-9H2,1-2H3. The average molecular weight is 324 g/mol. The lowest BCUT2D eigenvalue weighted by Gasteiger charge is -2.37. The van der Waals surface area contributed by atoms with Crippen LogP contribution < -0.4 is 0 Å². The van der Waals surface area contributed by atoms with Crippen molar-refractivity contribution in [3.63, 3.8) is 0 Å². The van der Waals surface area contributed by atoms with Crippen LogP contribution in [0.1, 0.15) is 63.6 Å². The first-order chi connectivity index (χ1) is 11.5. The summed E-state index contributed by atoms with van der Waals surface area (Å²) >= 11 is 0. The molecule has 1 unspecified atom stereocenters. The van der Waals surface area contributed by atoms with Crippen molar-refractivity contribution in [3.8, 4) is 11.3 Å². The number of hydrogen-bond donors (Lipinski definition) is 1. The summed E-state index contributed by atoms with van der Waals surface area (Å²) in [7, 11) is 0. The van der Waals surface area contributed by atoms with Crippen molar-refractivity contribution in [2.75, 3.05) is 6.61 Å². The maximum absolute atomic E-state index is 12.8. The van der Waals surface area contributed by atoms with Crippen LogP contribution in [0, 0.1) is 6.92 Å². The zero-order valence-electron chi connectivity index (χ0n) is 13.9. The SMILES string of the molecule is Cc1coc2c1C(=O)C(=O)c1c-2ccc2c1CCCC2(C)CCO. The second kappa shape index (κ2) is 5.15. The fourth-order valence-corrected chi connectivity index (χ4v) is 4.37. The Labute approximate surface area is 140 Å². The van der Waals surface area contributed by atoms with Gasteiger partial charge in [0.05, 0.1) is 11.8 Å². The van der Waals surface area contributed by atoms with E-state index in [0.29, 0.717) is 28.9 Å². The minimum atomic E-state index is -0.466. The Bertz CT molecular complexity index is 874. The second-order valence-electron chi connectivity index (χ2n) is 7.18. The van der Waals surface area contributed by atoms with Crippen LogP contribution in [0.25, 0.3) is 11.3 Å². The molecule has 4 heteroatoms. The van der Waals surface area contributed by atoms with Crippen LogP contribution in [-0.4, -0.2) is 23.3 Å². The molecule has 1 aromatic carbocycles. The average Bonchev–Trinajstić information content (AvgIpc) is 2.94. The molecule has 1 atom stereocenters. The van der Waals surface area contributed by atoms with Crippen molar-refractivity contribution in [3.05, 3.63) is 46.2 Å². The van der Waals surface area contributed by atoms with Crippen molar-refractivity contribution in [2.24, 2.45) is 0 Å². The van der Waals surface area contributed by atoms with Gasteiger partial charge in [0.25, 0.3) is 0 Å². The minimum Gasteiger partial charge on any atom is -0.463 e. The molecule has 1 N–H and O–H groups in total. The molecule has 0 radical (unpaired) electrons. The predicted molar refractivity (Wildman–Crippen MR) is 89.5 cm³/mol. The van der Waals surface area contributed by atoms with Crippen LogP contribution in [-0.2, 0) is 11.8 Å². The van der Waals surface area contributed by atoms with E-state index in [1.807, 2.05) is 12.1 Å². The Hall–Kier alpha value is -2.20. The summed E-state index contributed by atoms with van der Waals surface area (Å²) in [5.41, 5.74) is 4.26. The summed E-state index contributed by atoms with van der Waals surface area (Å²) in [4.78, 5) is 25.4. The monoisotopic (exact) mass is 324 g/mol. The molecule has 2 aliphatic carbocycles. The van der Waals surface area contributed by atoms with Crippen LogP contribution in [0.3, 0.4) is 0 Å². The Balaban J connectivity index is 2.00. The lowest BCUT2D eigenvalue weighted by molar-refractivity contribution is 0.0813. The highest BCUT2D eigenvalue weighted by Gasteiger charge is 2.40. The molecule has 124 valence electrons. The molecule has 4 rings (SSSR count). The highest BCUT2D eigenvalue weighted by molar-refractivity contribution is 6.53. The molecular formula is C20H20O4. The van der Waals surface area contributed by atoms with Gasteiger partial charge >= 0.3 is 0 Å². The number of carbonyl (C=O) groups is 2. The van der Waals surface area contributed by atoms with E-state index < -0.39 is 11.6 Å². The highest BCUT2D eigenvalue weighted by atomic mass is 16.3. The van der Waals surface area contributed by atoms with Crippen LogP contribution in [0.4, 0.5) is 0 Å². The van der Waals surface area contributed by atoms with Gasteiger partial charge in [0.2, 0.25) is 11.6 Å². The number of aliphatic hydroxyl groups is 1. The number of furan rings is 1. The number of ketones is 2. The molecule has 2 aromatic rings. The van der Waals surface area contributed by atoms with Gasteiger partial charge in [-0.05, 0) is 54.7 Å². The van der Waals surface area contributed by atoms with Gasteiger partial charge in [-0.3, -0.25) is 9.59 Å². The molecule has 0 bridgehead atoms. The van der Waals surface area contributed by atoms with Crippen LogP contribution >= 0.6 is 0 Å². The molecule has 1 aromatic heterocycles. The van der Waals surface area contributed by atoms with Gasteiger partial charge in [-0.2, -0.15) is 0 Å². The van der Waals surface area contributed by atoms with E-state index in [9.17, 15) is 14.7 Å². The van der Waals surface area contributed by atoms with E-state index >= 15 is 0 Å². The summed E-state index contributed by atoms with van der Waals surface area (Å²) in [6.45, 7) is 4.03. The molecular weight excluding hydrogens is 304 g/mol. The van der Waals surface area contributed by atoms with Crippen molar-refractivity contribution < 1.29 is 19.1 Å². The molecule has 0 saturated heterocycles. The van der Waals surface area contributed by atoms with Crippen LogP contribution in [0.2, 0.25) is 0 Å². The number of aliphatic hydroxyl groups excluding tert-OH is 1. The number of benzene rings is 1. The summed E-state index contributed by atoms with van der Waals surface area (Å²) in [6, 6.07) is 3.95. The van der Waals surface area contributed by atoms with E-state index in [2.05, 4.69) is 6.92 Å². The van der Waals surface area contributed by atoms with Gasteiger partial charge in [0.15, 0.2) is 0 Å². The van der Waals surface area contributed by atoms with Crippen molar-refractivity contribution in [1.82, 2.24) is 0 Å². The lowest BCUT2D eigenvalue weighted by Crippen LogP contribution is -2.32. The molecule has 0 spiro atoms. The molecule has 0 amide bonds. The number of aryl methyl sites for hydroxylation is 1. The van der Waals surface area contributed by atoms with E-state index in [0.717, 1.165) is 36.0 Å². The van der Waals surface area contributed by atoms with Gasteiger partial charge in [-0.25, -0.2) is 0 Å². The van der Waals surface area contributed by atoms with E-state index in [-0.39, 0.29) is 12.0 Å². The third-order valence-corrected chi connectivity index (χ3v) is 5.66. The topological polar surface area (TPSA) is 67.5 Å². The highest BCUT2D eigenvalue weighted by Crippen LogP contribution is 2.46. The van der Waals surface area contributed by atoms with Crippen molar-refractivity contribution >= 4 is 11.6 Å². The van der Waals surface area contributed by atoms with Gasteiger partial charge in [-0.15, -0.1) is 0 Å². The van der Waals surface area contributed by atoms with E-state index in [4.69, 9.17) is 4.42 Å². The van der Waals surface area contributed by atoms with E-state index in [1.54, 1.807) is 13.2 Å². The fourth-order valence-electron chi connectivity index (χ4n) is 4.37. The number of hydrogen-bond acceptors (Lipinski definition) is 4. The third kappa shape index (κ3) is 1.89. The number of fused-ring (bicyclic) bond motifs is 5. The Morgan fingerprint density at radius 3 is 2.71 bits per heavy atom. The maximum atomic E-state index is 12.8. The van der Waals surface area contributed by atoms with Gasteiger partial charge in [0, 0.05) is 17.7 Å². The summed E-state index contributed by atoms with van der Waals surface area (Å²) in [5.74, 6) is -0.372. The van der Waals surface area contributed by atoms with Gasteiger partial charge < -0.3 is 9.52 Å². The first-order valence-electron chi connectivity index (χ1n) is 8.42. The fraction of sp³-hybridized carbons (Fsp3) is 0.400. The Morgan fingerprint density at radius 1 is 1.21 bits per heavy atom. The predicted octanol–water partition coefficient (Wildman–Crippen LogP) is 3.61. The number of Topliss-reactive ketones (excluding diaryl/α,β-unsaturated/α-hetero) is 2. The van der Waals surface area contributed by atoms with Crippen LogP contribution in [0.5, 0.6) is 0 Å². The first kappa shape index (κ1) is 15.3. The minimum absolute atomic E-state index is 0.113. The Morgan fingerprint density at radius 2 is 1.96 bits per heavy atom. The van der Waals surface area contributed by atoms with Gasteiger partial charge in [0.1, 0.15) is 5.76 Å². The zero-order chi connectivity index (χ0) is 17.1. The summed E-state index contributed by atoms with van der Waals surface area (Å²) in [5, 5.41) is 9.44. The van der Waals surface area contributed by atoms with Crippen molar-refractivity contribution in [2.45, 2.75) is 44.9 Å². The Kier molecular flexibility index (Phi) is 3.29. The molecule has 0 saturated carbocycles. The smallest absolute Gasteiger partial charge is 0.237 e. The summed E-state index contributed by atoms with van der Waals surface area (Å²) in [6.07, 6.45) is 4.91. The lowest BCUT2D eigenvalue weighted by atomic mass is 9.67. The largest absolute Gasteiger partial charge is 0.463 e. The molecule has 0 aliphatic heterocycles. The number of rotatable bonds is 2. The zero-order valence-corrected chi connectivity index (χ0v) is 13.9. The van der Waals surface area contributed by atoms with E-state index in [1.165, 1.54) is 0 Å². The van der Waals surface area contributed by atoms with Gasteiger partial charge in [-0.1, -0.05) is 19.1 Å². The normalized spacial score (nSPS) is 22.1. The molecule has 1 heterocycles. The van der Waals surface area contributed by atoms with Crippen molar-refractivity contribution in [1.29, 1.82) is 0 Å². The molecule has 24 heavy (non-hydrogen) atoms. The molecule has 4 nitrogen and oxygen atoms in total. The quantitative estimate of drug-likeness (QED) is 0.857. The third-order valence-electron chi connectivity index (χ3n) is 5.66. The summed E-state index contributed by atoms with van der Waals surface area (Å²) < 4.78 is 5.61. The first-order valence-corrected chi connectivity index (χ1v) is 8.42. The second-order valence-corrected chi connectivity index (χ2v) is 7.18. The molecule has 0 fully saturated rings. The maximum Gasteiger partial charge on any atom is 0.237 e.